The third-order valence-electron chi connectivity index (χ3n) is 4.32. The molecule has 0 aromatic heterocycles. The third-order valence-corrected chi connectivity index (χ3v) is 4.57. The van der Waals surface area contributed by atoms with Gasteiger partial charge in [-0.05, 0) is 54.8 Å². The molecule has 1 aliphatic heterocycles. The Morgan fingerprint density at radius 2 is 1.60 bits per heavy atom. The van der Waals surface area contributed by atoms with Crippen molar-refractivity contribution < 1.29 is 9.53 Å². The molecule has 5 heteroatoms. The van der Waals surface area contributed by atoms with E-state index in [9.17, 15) is 4.79 Å². The maximum Gasteiger partial charge on any atom is 0.321 e. The molecule has 1 fully saturated rings. The van der Waals surface area contributed by atoms with Gasteiger partial charge in [-0.2, -0.15) is 0 Å². The molecule has 0 aliphatic carbocycles. The molecule has 2 aromatic rings. The molecule has 0 spiro atoms. The van der Waals surface area contributed by atoms with Crippen LogP contribution in [0, 0.1) is 0 Å². The molecule has 0 atom stereocenters. The van der Waals surface area contributed by atoms with Crippen LogP contribution >= 0.6 is 11.6 Å². The van der Waals surface area contributed by atoms with Gasteiger partial charge in [-0.3, -0.25) is 0 Å². The zero-order valence-electron chi connectivity index (χ0n) is 14.2. The maximum absolute atomic E-state index is 12.3. The molecule has 0 bridgehead atoms. The first-order valence-corrected chi connectivity index (χ1v) is 9.12. The van der Waals surface area contributed by atoms with Crippen molar-refractivity contribution in [3.63, 3.8) is 0 Å². The molecular weight excluding hydrogens is 336 g/mol. The summed E-state index contributed by atoms with van der Waals surface area (Å²) in [5.41, 5.74) is 1.84. The first-order chi connectivity index (χ1) is 12.2. The van der Waals surface area contributed by atoms with Crippen LogP contribution < -0.4 is 10.1 Å². The van der Waals surface area contributed by atoms with E-state index >= 15 is 0 Å². The molecule has 3 rings (SSSR count). The number of carbonyl (C=O) groups excluding carboxylic acids is 1. The third kappa shape index (κ3) is 5.40. The average Bonchev–Trinajstić information content (AvgIpc) is 2.92. The number of halogens is 1. The van der Waals surface area contributed by atoms with Crippen molar-refractivity contribution in [2.24, 2.45) is 0 Å². The number of rotatable bonds is 4. The van der Waals surface area contributed by atoms with Crippen molar-refractivity contribution in [3.8, 4) is 5.75 Å². The van der Waals surface area contributed by atoms with Crippen molar-refractivity contribution >= 4 is 23.3 Å². The number of amides is 2. The number of anilines is 1. The van der Waals surface area contributed by atoms with Gasteiger partial charge in [0.1, 0.15) is 12.4 Å². The van der Waals surface area contributed by atoms with Crippen LogP contribution in [0.25, 0.3) is 0 Å². The van der Waals surface area contributed by atoms with Crippen LogP contribution in [0.4, 0.5) is 10.5 Å². The standard InChI is InChI=1S/C20H23ClN2O2/c21-17-7-5-16(6-8-17)15-25-19-11-9-18(10-12-19)22-20(24)23-13-3-1-2-4-14-23/h5-12H,1-4,13-15H2,(H,22,24). The van der Waals surface area contributed by atoms with E-state index in [1.807, 2.05) is 53.4 Å². The van der Waals surface area contributed by atoms with E-state index < -0.39 is 0 Å². The fourth-order valence-electron chi connectivity index (χ4n) is 2.86. The molecule has 4 nitrogen and oxygen atoms in total. The van der Waals surface area contributed by atoms with Gasteiger partial charge in [0.15, 0.2) is 0 Å². The molecule has 2 amide bonds. The van der Waals surface area contributed by atoms with Gasteiger partial charge in [0.25, 0.3) is 0 Å². The first kappa shape index (κ1) is 17.6. The number of urea groups is 1. The minimum atomic E-state index is -0.0169. The lowest BCUT2D eigenvalue weighted by atomic mass is 10.2. The van der Waals surface area contributed by atoms with Crippen LogP contribution in [0.1, 0.15) is 31.2 Å². The molecule has 0 unspecified atom stereocenters. The van der Waals surface area contributed by atoms with Gasteiger partial charge in [-0.25, -0.2) is 4.79 Å². The van der Waals surface area contributed by atoms with E-state index in [0.29, 0.717) is 11.6 Å². The summed E-state index contributed by atoms with van der Waals surface area (Å²) in [5.74, 6) is 0.766. The zero-order chi connectivity index (χ0) is 17.5. The summed E-state index contributed by atoms with van der Waals surface area (Å²) in [6.07, 6.45) is 4.60. The number of benzene rings is 2. The highest BCUT2D eigenvalue weighted by Gasteiger charge is 2.15. The van der Waals surface area contributed by atoms with Gasteiger partial charge < -0.3 is 15.0 Å². The number of hydrogen-bond donors (Lipinski definition) is 1. The molecule has 132 valence electrons. The predicted octanol–water partition coefficient (Wildman–Crippen LogP) is 5.33. The summed E-state index contributed by atoms with van der Waals surface area (Å²) < 4.78 is 5.76. The highest BCUT2D eigenvalue weighted by Crippen LogP contribution is 2.19. The monoisotopic (exact) mass is 358 g/mol. The Labute approximate surface area is 153 Å². The molecule has 1 heterocycles. The largest absolute Gasteiger partial charge is 0.489 e. The number of carbonyl (C=O) groups is 1. The molecule has 0 saturated carbocycles. The van der Waals surface area contributed by atoms with Gasteiger partial charge in [0.2, 0.25) is 0 Å². The Morgan fingerprint density at radius 1 is 0.960 bits per heavy atom. The van der Waals surface area contributed by atoms with Gasteiger partial charge >= 0.3 is 6.03 Å². The van der Waals surface area contributed by atoms with Crippen molar-refractivity contribution in [1.82, 2.24) is 4.90 Å². The van der Waals surface area contributed by atoms with Crippen molar-refractivity contribution in [1.29, 1.82) is 0 Å². The quantitative estimate of drug-likeness (QED) is 0.802. The van der Waals surface area contributed by atoms with Crippen molar-refractivity contribution in [3.05, 3.63) is 59.1 Å². The number of nitrogens with zero attached hydrogens (tertiary/aromatic N) is 1. The summed E-state index contributed by atoms with van der Waals surface area (Å²) in [7, 11) is 0. The highest BCUT2D eigenvalue weighted by atomic mass is 35.5. The molecule has 25 heavy (non-hydrogen) atoms. The van der Waals surface area contributed by atoms with Crippen LogP contribution in [-0.2, 0) is 6.61 Å². The van der Waals surface area contributed by atoms with Gasteiger partial charge in [0, 0.05) is 23.8 Å². The molecule has 1 N–H and O–H groups in total. The second-order valence-corrected chi connectivity index (χ2v) is 6.71. The van der Waals surface area contributed by atoms with E-state index in [1.165, 1.54) is 12.8 Å². The van der Waals surface area contributed by atoms with Crippen molar-refractivity contribution in [2.75, 3.05) is 18.4 Å². The van der Waals surface area contributed by atoms with Gasteiger partial charge in [0.05, 0.1) is 0 Å². The lowest BCUT2D eigenvalue weighted by Gasteiger charge is -2.20. The summed E-state index contributed by atoms with van der Waals surface area (Å²) in [5, 5.41) is 3.68. The van der Waals surface area contributed by atoms with Crippen LogP contribution in [0.5, 0.6) is 5.75 Å². The topological polar surface area (TPSA) is 41.6 Å². The highest BCUT2D eigenvalue weighted by molar-refractivity contribution is 6.30. The second kappa shape index (κ2) is 8.77. The maximum atomic E-state index is 12.3. The fourth-order valence-corrected chi connectivity index (χ4v) is 2.98. The normalized spacial score (nSPS) is 14.7. The lowest BCUT2D eigenvalue weighted by Crippen LogP contribution is -2.35. The Hall–Kier alpha value is -2.20. The van der Waals surface area contributed by atoms with Gasteiger partial charge in [-0.15, -0.1) is 0 Å². The van der Waals surface area contributed by atoms with Crippen LogP contribution in [0.15, 0.2) is 48.5 Å². The average molecular weight is 359 g/mol. The Bertz CT molecular complexity index is 678. The first-order valence-electron chi connectivity index (χ1n) is 8.74. The summed E-state index contributed by atoms with van der Waals surface area (Å²) >= 11 is 5.87. The summed E-state index contributed by atoms with van der Waals surface area (Å²) in [4.78, 5) is 14.2. The number of ether oxygens (including phenoxy) is 1. The van der Waals surface area contributed by atoms with E-state index in [-0.39, 0.29) is 6.03 Å². The van der Waals surface area contributed by atoms with Crippen LogP contribution in [0.3, 0.4) is 0 Å². The van der Waals surface area contributed by atoms with Crippen LogP contribution in [0.2, 0.25) is 5.02 Å². The molecule has 1 saturated heterocycles. The predicted molar refractivity (Wildman–Crippen MR) is 101 cm³/mol. The minimum absolute atomic E-state index is 0.0169. The SMILES string of the molecule is O=C(Nc1ccc(OCc2ccc(Cl)cc2)cc1)N1CCCCCC1. The smallest absolute Gasteiger partial charge is 0.321 e. The van der Waals surface area contributed by atoms with Crippen LogP contribution in [-0.4, -0.2) is 24.0 Å². The minimum Gasteiger partial charge on any atom is -0.489 e. The second-order valence-electron chi connectivity index (χ2n) is 6.27. The Morgan fingerprint density at radius 3 is 2.24 bits per heavy atom. The molecule has 1 aliphatic rings. The number of hydrogen-bond acceptors (Lipinski definition) is 2. The fraction of sp³-hybridized carbons (Fsp3) is 0.350. The van der Waals surface area contributed by atoms with E-state index in [1.54, 1.807) is 0 Å². The zero-order valence-corrected chi connectivity index (χ0v) is 15.0. The molecule has 0 radical (unpaired) electrons. The van der Waals surface area contributed by atoms with E-state index in [4.69, 9.17) is 16.3 Å². The molecular formula is C20H23ClN2O2. The number of nitrogens with one attached hydrogen (secondary N) is 1. The lowest BCUT2D eigenvalue weighted by molar-refractivity contribution is 0.214. The number of likely N-dealkylation sites (tertiary alicyclic amines) is 1. The Balaban J connectivity index is 1.51. The summed E-state index contributed by atoms with van der Waals surface area (Å²) in [6.45, 7) is 2.17. The van der Waals surface area contributed by atoms with Gasteiger partial charge in [-0.1, -0.05) is 36.6 Å². The van der Waals surface area contributed by atoms with E-state index in [2.05, 4.69) is 5.32 Å². The summed E-state index contributed by atoms with van der Waals surface area (Å²) in [6, 6.07) is 15.0. The Kier molecular flexibility index (Phi) is 6.18. The van der Waals surface area contributed by atoms with E-state index in [0.717, 1.165) is 42.9 Å². The van der Waals surface area contributed by atoms with Crippen molar-refractivity contribution in [2.45, 2.75) is 32.3 Å². The molecule has 2 aromatic carbocycles.